The molecule has 0 spiro atoms. The van der Waals surface area contributed by atoms with Crippen molar-refractivity contribution in [1.29, 1.82) is 0 Å². The van der Waals surface area contributed by atoms with Crippen LogP contribution in [0.1, 0.15) is 40.2 Å². The van der Waals surface area contributed by atoms with E-state index < -0.39 is 41.2 Å². The van der Waals surface area contributed by atoms with E-state index in [9.17, 15) is 19.2 Å². The summed E-state index contributed by atoms with van der Waals surface area (Å²) in [5, 5.41) is 3.27. The van der Waals surface area contributed by atoms with Gasteiger partial charge < -0.3 is 25.5 Å². The predicted molar refractivity (Wildman–Crippen MR) is 116 cm³/mol. The lowest BCUT2D eigenvalue weighted by molar-refractivity contribution is -0.136. The average Bonchev–Trinajstić information content (AvgIpc) is 3.06. The van der Waals surface area contributed by atoms with Crippen LogP contribution >= 0.6 is 0 Å². The molecule has 32 heavy (non-hydrogen) atoms. The van der Waals surface area contributed by atoms with Crippen LogP contribution in [0.3, 0.4) is 0 Å². The second-order valence-electron chi connectivity index (χ2n) is 8.68. The van der Waals surface area contributed by atoms with Crippen molar-refractivity contribution in [2.24, 2.45) is 5.73 Å². The first-order valence-corrected chi connectivity index (χ1v) is 9.91. The Morgan fingerprint density at radius 2 is 1.72 bits per heavy atom. The molecule has 2 aromatic rings. The number of fused-ring (bicyclic) bond motifs is 1. The number of nitrogens with two attached hydrogens (primary N) is 1. The molecule has 174 valence electrons. The Balaban J connectivity index is 2.02. The largest absolute Gasteiger partial charge is 0.444 e. The fraction of sp³-hybridized carbons (Fsp3) is 0.429. The number of H-pyrrole nitrogens is 1. The van der Waals surface area contributed by atoms with E-state index in [0.29, 0.717) is 0 Å². The van der Waals surface area contributed by atoms with Gasteiger partial charge >= 0.3 is 12.2 Å². The number of hydrogen-bond acceptors (Lipinski definition) is 6. The number of ether oxygens (including phenoxy) is 2. The minimum Gasteiger partial charge on any atom is -0.444 e. The van der Waals surface area contributed by atoms with E-state index in [1.807, 2.05) is 24.3 Å². The van der Waals surface area contributed by atoms with Crippen molar-refractivity contribution in [3.05, 3.63) is 36.0 Å². The summed E-state index contributed by atoms with van der Waals surface area (Å²) in [6.45, 7) is 7.93. The van der Waals surface area contributed by atoms with Gasteiger partial charge in [-0.2, -0.15) is 0 Å². The van der Waals surface area contributed by atoms with Crippen molar-refractivity contribution in [3.63, 3.8) is 0 Å². The number of aromatic amines is 1. The number of hydrogen-bond donors (Lipinski definition) is 5. The minimum atomic E-state index is -1.41. The molecule has 1 aromatic heterocycles. The maximum atomic E-state index is 12.6. The molecular weight excluding hydrogens is 418 g/mol. The molecule has 6 N–H and O–H groups in total. The van der Waals surface area contributed by atoms with Crippen LogP contribution in [0.5, 0.6) is 0 Å². The molecule has 4 amide bonds. The highest BCUT2D eigenvalue weighted by Gasteiger charge is 2.33. The lowest BCUT2D eigenvalue weighted by Gasteiger charge is -2.28. The molecule has 0 aliphatic rings. The van der Waals surface area contributed by atoms with Crippen LogP contribution < -0.4 is 21.9 Å². The summed E-state index contributed by atoms with van der Waals surface area (Å²) in [6, 6.07) is 7.41. The zero-order valence-corrected chi connectivity index (χ0v) is 18.7. The number of benzene rings is 1. The van der Waals surface area contributed by atoms with E-state index in [1.54, 1.807) is 27.0 Å². The van der Waals surface area contributed by atoms with Gasteiger partial charge in [-0.05, 0) is 46.2 Å². The third kappa shape index (κ3) is 6.89. The zero-order chi connectivity index (χ0) is 24.1. The summed E-state index contributed by atoms with van der Waals surface area (Å²) in [4.78, 5) is 51.4. The van der Waals surface area contributed by atoms with Gasteiger partial charge in [-0.1, -0.05) is 18.2 Å². The van der Waals surface area contributed by atoms with Crippen molar-refractivity contribution in [3.8, 4) is 0 Å². The Bertz CT molecular complexity index is 1010. The Kier molecular flexibility index (Phi) is 7.34. The van der Waals surface area contributed by atoms with Crippen molar-refractivity contribution >= 4 is 34.9 Å². The predicted octanol–water partition coefficient (Wildman–Crippen LogP) is 1.63. The summed E-state index contributed by atoms with van der Waals surface area (Å²) in [6.07, 6.45) is -1.51. The molecule has 1 unspecified atom stereocenters. The number of nitrogens with one attached hydrogen (secondary N) is 4. The second-order valence-corrected chi connectivity index (χ2v) is 8.68. The van der Waals surface area contributed by atoms with Crippen molar-refractivity contribution < 1.29 is 28.7 Å². The van der Waals surface area contributed by atoms with Crippen LogP contribution in [0, 0.1) is 0 Å². The van der Waals surface area contributed by atoms with Crippen LogP contribution in [-0.2, 0) is 25.5 Å². The van der Waals surface area contributed by atoms with E-state index in [2.05, 4.69) is 21.2 Å². The van der Waals surface area contributed by atoms with Gasteiger partial charge in [0.25, 0.3) is 11.8 Å². The standard InChI is InChI=1S/C21H29N5O6/c1-20(2,3)32-19(30)24-21(4,5)17(28)26-25-16(27)15(31-18(22)29)10-12-11-23-14-9-7-6-8-13(12)14/h6-9,11,15,23H,10H2,1-5H3,(H2,22,29)(H,24,30)(H,25,27)(H,26,28). The molecule has 0 bridgehead atoms. The quantitative estimate of drug-likeness (QED) is 0.422. The third-order valence-corrected chi connectivity index (χ3v) is 4.31. The van der Waals surface area contributed by atoms with Gasteiger partial charge in [0.2, 0.25) is 0 Å². The van der Waals surface area contributed by atoms with E-state index in [0.717, 1.165) is 16.5 Å². The van der Waals surface area contributed by atoms with E-state index in [-0.39, 0.29) is 6.42 Å². The Morgan fingerprint density at radius 1 is 1.06 bits per heavy atom. The molecule has 1 heterocycles. The number of rotatable bonds is 6. The zero-order valence-electron chi connectivity index (χ0n) is 18.7. The Morgan fingerprint density at radius 3 is 2.34 bits per heavy atom. The number of primary amides is 1. The lowest BCUT2D eigenvalue weighted by Crippen LogP contribution is -2.60. The van der Waals surface area contributed by atoms with Crippen molar-refractivity contribution in [2.75, 3.05) is 0 Å². The van der Waals surface area contributed by atoms with E-state index >= 15 is 0 Å². The van der Waals surface area contributed by atoms with Gasteiger partial charge in [-0.15, -0.1) is 0 Å². The molecule has 11 heteroatoms. The summed E-state index contributed by atoms with van der Waals surface area (Å²) >= 11 is 0. The summed E-state index contributed by atoms with van der Waals surface area (Å²) in [7, 11) is 0. The highest BCUT2D eigenvalue weighted by atomic mass is 16.6. The summed E-state index contributed by atoms with van der Waals surface area (Å²) in [5.74, 6) is -1.52. The highest BCUT2D eigenvalue weighted by Crippen LogP contribution is 2.20. The minimum absolute atomic E-state index is 0.0220. The monoisotopic (exact) mass is 447 g/mol. The van der Waals surface area contributed by atoms with Crippen LogP contribution in [0.25, 0.3) is 10.9 Å². The van der Waals surface area contributed by atoms with E-state index in [1.165, 1.54) is 13.8 Å². The number of para-hydroxylation sites is 1. The molecule has 2 rings (SSSR count). The second kappa shape index (κ2) is 9.58. The first kappa shape index (κ1) is 24.5. The van der Waals surface area contributed by atoms with Gasteiger partial charge in [0, 0.05) is 23.5 Å². The van der Waals surface area contributed by atoms with Crippen LogP contribution in [0.15, 0.2) is 30.5 Å². The summed E-state index contributed by atoms with van der Waals surface area (Å²) < 4.78 is 10.1. The third-order valence-electron chi connectivity index (χ3n) is 4.31. The Labute approximate surface area is 185 Å². The van der Waals surface area contributed by atoms with Crippen LogP contribution in [0.2, 0.25) is 0 Å². The Hall–Kier alpha value is -3.76. The van der Waals surface area contributed by atoms with Crippen LogP contribution in [0.4, 0.5) is 9.59 Å². The maximum Gasteiger partial charge on any atom is 0.408 e. The first-order chi connectivity index (χ1) is 14.8. The van der Waals surface area contributed by atoms with Crippen LogP contribution in [-0.4, -0.2) is 46.2 Å². The molecule has 0 aliphatic heterocycles. The lowest BCUT2D eigenvalue weighted by atomic mass is 10.1. The number of carbonyl (C=O) groups is 4. The highest BCUT2D eigenvalue weighted by molar-refractivity contribution is 5.92. The maximum absolute atomic E-state index is 12.6. The van der Waals surface area contributed by atoms with Crippen molar-refractivity contribution in [2.45, 2.75) is 58.3 Å². The topological polar surface area (TPSA) is 165 Å². The average molecular weight is 447 g/mol. The fourth-order valence-electron chi connectivity index (χ4n) is 2.80. The van der Waals surface area contributed by atoms with Gasteiger partial charge in [0.05, 0.1) is 0 Å². The number of alkyl carbamates (subject to hydrolysis) is 1. The fourth-order valence-corrected chi connectivity index (χ4v) is 2.80. The normalized spacial score (nSPS) is 12.5. The van der Waals surface area contributed by atoms with Gasteiger partial charge in [-0.3, -0.25) is 20.4 Å². The molecular formula is C21H29N5O6. The van der Waals surface area contributed by atoms with Crippen molar-refractivity contribution in [1.82, 2.24) is 21.2 Å². The molecule has 0 radical (unpaired) electrons. The number of aromatic nitrogens is 1. The molecule has 0 aliphatic carbocycles. The van der Waals surface area contributed by atoms with Gasteiger partial charge in [-0.25, -0.2) is 9.59 Å². The molecule has 1 aromatic carbocycles. The number of amides is 4. The van der Waals surface area contributed by atoms with E-state index in [4.69, 9.17) is 15.2 Å². The molecule has 0 saturated heterocycles. The number of carbonyl (C=O) groups excluding carboxylic acids is 4. The molecule has 0 saturated carbocycles. The molecule has 11 nitrogen and oxygen atoms in total. The SMILES string of the molecule is CC(C)(C)OC(=O)NC(C)(C)C(=O)NNC(=O)C(Cc1c[nH]c2ccccc12)OC(N)=O. The smallest absolute Gasteiger partial charge is 0.408 e. The van der Waals surface area contributed by atoms with Gasteiger partial charge in [0.1, 0.15) is 11.1 Å². The molecule has 1 atom stereocenters. The summed E-state index contributed by atoms with van der Waals surface area (Å²) in [5.41, 5.74) is 8.94. The first-order valence-electron chi connectivity index (χ1n) is 9.91. The van der Waals surface area contributed by atoms with Gasteiger partial charge in [0.15, 0.2) is 6.10 Å². The molecule has 0 fully saturated rings. The number of hydrazine groups is 1.